The lowest BCUT2D eigenvalue weighted by molar-refractivity contribution is -0.115. The minimum Gasteiger partial charge on any atom is -0.490 e. The summed E-state index contributed by atoms with van der Waals surface area (Å²) in [4.78, 5) is 14.4. The smallest absolute Gasteiger partial charge is 0.243 e. The van der Waals surface area contributed by atoms with Crippen molar-refractivity contribution in [2.45, 2.75) is 13.3 Å². The molecule has 0 bridgehead atoms. The van der Waals surface area contributed by atoms with Crippen molar-refractivity contribution in [3.63, 3.8) is 0 Å². The maximum atomic E-state index is 12.4. The molecule has 0 aromatic heterocycles. The molecule has 2 aromatic carbocycles. The molecular weight excluding hydrogens is 304 g/mol. The second-order valence-corrected chi connectivity index (χ2v) is 5.61. The van der Waals surface area contributed by atoms with Gasteiger partial charge in [0.15, 0.2) is 11.5 Å². The van der Waals surface area contributed by atoms with Crippen molar-refractivity contribution in [1.82, 2.24) is 0 Å². The Morgan fingerprint density at radius 3 is 2.58 bits per heavy atom. The van der Waals surface area contributed by atoms with Gasteiger partial charge < -0.3 is 19.7 Å². The number of likely N-dealkylation sites (N-methyl/N-ethyl adjacent to an activating group) is 1. The van der Waals surface area contributed by atoms with Gasteiger partial charge in [-0.05, 0) is 31.2 Å². The molecule has 1 heterocycles. The van der Waals surface area contributed by atoms with E-state index in [1.807, 2.05) is 60.4 Å². The van der Waals surface area contributed by atoms with Crippen molar-refractivity contribution in [3.8, 4) is 11.5 Å². The largest absolute Gasteiger partial charge is 0.490 e. The molecule has 0 saturated carbocycles. The fraction of sp³-hybridized carbons (Fsp3) is 0.316. The summed E-state index contributed by atoms with van der Waals surface area (Å²) in [6.45, 7) is 4.38. The molecule has 126 valence electrons. The fourth-order valence-corrected chi connectivity index (χ4v) is 2.64. The molecule has 0 radical (unpaired) electrons. The van der Waals surface area contributed by atoms with E-state index in [1.54, 1.807) is 0 Å². The summed E-state index contributed by atoms with van der Waals surface area (Å²) in [6.07, 6.45) is 0.860. The third-order valence-corrected chi connectivity index (χ3v) is 3.87. The SMILES string of the molecule is CCN(CC(=O)Nc1ccc2c(c1)OCCCO2)c1ccccc1. The van der Waals surface area contributed by atoms with Crippen molar-refractivity contribution in [2.75, 3.05) is 36.5 Å². The van der Waals surface area contributed by atoms with Crippen LogP contribution in [0.15, 0.2) is 48.5 Å². The summed E-state index contributed by atoms with van der Waals surface area (Å²) in [5.74, 6) is 1.35. The summed E-state index contributed by atoms with van der Waals surface area (Å²) in [5.41, 5.74) is 1.75. The number of ether oxygens (including phenoxy) is 2. The second-order valence-electron chi connectivity index (χ2n) is 5.61. The maximum Gasteiger partial charge on any atom is 0.243 e. The van der Waals surface area contributed by atoms with E-state index in [0.29, 0.717) is 31.2 Å². The van der Waals surface area contributed by atoms with Crippen LogP contribution in [-0.4, -0.2) is 32.2 Å². The highest BCUT2D eigenvalue weighted by molar-refractivity contribution is 5.94. The first-order valence-electron chi connectivity index (χ1n) is 8.26. The Balaban J connectivity index is 1.65. The third kappa shape index (κ3) is 3.98. The number of hydrogen-bond donors (Lipinski definition) is 1. The van der Waals surface area contributed by atoms with Gasteiger partial charge in [0, 0.05) is 30.4 Å². The molecule has 0 saturated heterocycles. The molecule has 1 aliphatic rings. The molecule has 0 atom stereocenters. The topological polar surface area (TPSA) is 50.8 Å². The average Bonchev–Trinajstić information content (AvgIpc) is 2.85. The molecule has 1 N–H and O–H groups in total. The second kappa shape index (κ2) is 7.73. The standard InChI is InChI=1S/C19H22N2O3/c1-2-21(16-7-4-3-5-8-16)14-19(22)20-15-9-10-17-18(13-15)24-12-6-11-23-17/h3-5,7-10,13H,2,6,11-12,14H2,1H3,(H,20,22). The first kappa shape index (κ1) is 16.2. The van der Waals surface area contributed by atoms with Crippen LogP contribution in [0.4, 0.5) is 11.4 Å². The van der Waals surface area contributed by atoms with Gasteiger partial charge in [0.05, 0.1) is 19.8 Å². The minimum absolute atomic E-state index is 0.0600. The molecule has 1 aliphatic heterocycles. The summed E-state index contributed by atoms with van der Waals surface area (Å²) < 4.78 is 11.3. The van der Waals surface area contributed by atoms with Crippen LogP contribution in [-0.2, 0) is 4.79 Å². The number of anilines is 2. The number of hydrogen-bond acceptors (Lipinski definition) is 4. The van der Waals surface area contributed by atoms with Crippen molar-refractivity contribution in [3.05, 3.63) is 48.5 Å². The molecule has 5 heteroatoms. The van der Waals surface area contributed by atoms with Crippen molar-refractivity contribution in [1.29, 1.82) is 0 Å². The van der Waals surface area contributed by atoms with Gasteiger partial charge in [0.25, 0.3) is 0 Å². The Bertz CT molecular complexity index is 688. The Hall–Kier alpha value is -2.69. The molecule has 3 rings (SSSR count). The Morgan fingerprint density at radius 2 is 1.83 bits per heavy atom. The zero-order valence-electron chi connectivity index (χ0n) is 13.8. The van der Waals surface area contributed by atoms with Crippen molar-refractivity contribution in [2.24, 2.45) is 0 Å². The third-order valence-electron chi connectivity index (χ3n) is 3.87. The number of para-hydroxylation sites is 1. The first-order chi connectivity index (χ1) is 11.8. The van der Waals surface area contributed by atoms with Gasteiger partial charge in [-0.1, -0.05) is 18.2 Å². The van der Waals surface area contributed by atoms with Crippen LogP contribution in [0, 0.1) is 0 Å². The van der Waals surface area contributed by atoms with Gasteiger partial charge in [0.2, 0.25) is 5.91 Å². The van der Waals surface area contributed by atoms with E-state index in [4.69, 9.17) is 9.47 Å². The zero-order valence-corrected chi connectivity index (χ0v) is 13.8. The molecule has 0 unspecified atom stereocenters. The number of carbonyl (C=O) groups is 1. The van der Waals surface area contributed by atoms with Crippen LogP contribution in [0.3, 0.4) is 0 Å². The Kier molecular flexibility index (Phi) is 5.21. The van der Waals surface area contributed by atoms with Gasteiger partial charge in [-0.3, -0.25) is 4.79 Å². The molecule has 24 heavy (non-hydrogen) atoms. The van der Waals surface area contributed by atoms with E-state index < -0.39 is 0 Å². The van der Waals surface area contributed by atoms with E-state index in [1.165, 1.54) is 0 Å². The first-order valence-corrected chi connectivity index (χ1v) is 8.26. The quantitative estimate of drug-likeness (QED) is 0.916. The van der Waals surface area contributed by atoms with Gasteiger partial charge in [-0.25, -0.2) is 0 Å². The molecule has 0 spiro atoms. The predicted octanol–water partition coefficient (Wildman–Crippen LogP) is 3.31. The highest BCUT2D eigenvalue weighted by atomic mass is 16.5. The molecule has 2 aromatic rings. The van der Waals surface area contributed by atoms with Gasteiger partial charge in [0.1, 0.15) is 0 Å². The summed E-state index contributed by atoms with van der Waals surface area (Å²) in [6, 6.07) is 15.4. The van der Waals surface area contributed by atoms with Crippen LogP contribution in [0.1, 0.15) is 13.3 Å². The van der Waals surface area contributed by atoms with Crippen molar-refractivity contribution >= 4 is 17.3 Å². The lowest BCUT2D eigenvalue weighted by Crippen LogP contribution is -2.33. The van der Waals surface area contributed by atoms with Gasteiger partial charge in [-0.2, -0.15) is 0 Å². The summed E-state index contributed by atoms with van der Waals surface area (Å²) >= 11 is 0. The number of fused-ring (bicyclic) bond motifs is 1. The molecular formula is C19H22N2O3. The number of nitrogens with one attached hydrogen (secondary N) is 1. The monoisotopic (exact) mass is 326 g/mol. The molecule has 0 aliphatic carbocycles. The van der Waals surface area contributed by atoms with Gasteiger partial charge >= 0.3 is 0 Å². The number of nitrogens with zero attached hydrogens (tertiary/aromatic N) is 1. The van der Waals surface area contributed by atoms with Crippen LogP contribution in [0.25, 0.3) is 0 Å². The highest BCUT2D eigenvalue weighted by Crippen LogP contribution is 2.32. The molecule has 5 nitrogen and oxygen atoms in total. The zero-order chi connectivity index (χ0) is 16.8. The van der Waals surface area contributed by atoms with Crippen LogP contribution >= 0.6 is 0 Å². The van der Waals surface area contributed by atoms with Crippen LogP contribution in [0.2, 0.25) is 0 Å². The van der Waals surface area contributed by atoms with E-state index >= 15 is 0 Å². The van der Waals surface area contributed by atoms with E-state index in [2.05, 4.69) is 5.32 Å². The average molecular weight is 326 g/mol. The number of carbonyl (C=O) groups excluding carboxylic acids is 1. The van der Waals surface area contributed by atoms with E-state index in [-0.39, 0.29) is 5.91 Å². The van der Waals surface area contributed by atoms with Gasteiger partial charge in [-0.15, -0.1) is 0 Å². The van der Waals surface area contributed by atoms with E-state index in [0.717, 1.165) is 24.4 Å². The predicted molar refractivity (Wildman–Crippen MR) is 95.0 cm³/mol. The maximum absolute atomic E-state index is 12.4. The number of benzene rings is 2. The molecule has 0 fully saturated rings. The Labute approximate surface area is 142 Å². The minimum atomic E-state index is -0.0600. The highest BCUT2D eigenvalue weighted by Gasteiger charge is 2.13. The summed E-state index contributed by atoms with van der Waals surface area (Å²) in [5, 5.41) is 2.93. The number of amides is 1. The normalized spacial score (nSPS) is 13.0. The van der Waals surface area contributed by atoms with Crippen molar-refractivity contribution < 1.29 is 14.3 Å². The molecule has 1 amide bonds. The van der Waals surface area contributed by atoms with E-state index in [9.17, 15) is 4.79 Å². The lowest BCUT2D eigenvalue weighted by Gasteiger charge is -2.22. The summed E-state index contributed by atoms with van der Waals surface area (Å²) in [7, 11) is 0. The fourth-order valence-electron chi connectivity index (χ4n) is 2.64. The Morgan fingerprint density at radius 1 is 1.08 bits per heavy atom. The lowest BCUT2D eigenvalue weighted by atomic mass is 10.2. The van der Waals surface area contributed by atoms with Crippen LogP contribution < -0.4 is 19.7 Å². The van der Waals surface area contributed by atoms with Crippen LogP contribution in [0.5, 0.6) is 11.5 Å². The number of rotatable bonds is 5.